The lowest BCUT2D eigenvalue weighted by atomic mass is 10.1. The number of H-pyrrole nitrogens is 1. The summed E-state index contributed by atoms with van der Waals surface area (Å²) >= 11 is 0. The number of rotatable bonds is 15. The first-order valence-electron chi connectivity index (χ1n) is 13.9. The van der Waals surface area contributed by atoms with Crippen LogP contribution in [-0.2, 0) is 22.3 Å². The predicted octanol–water partition coefficient (Wildman–Crippen LogP) is 5.89. The summed E-state index contributed by atoms with van der Waals surface area (Å²) in [5.74, 6) is 0. The smallest absolute Gasteiger partial charge is 0.276 e. The lowest BCUT2D eigenvalue weighted by Crippen LogP contribution is -2.26. The van der Waals surface area contributed by atoms with E-state index in [2.05, 4.69) is 67.3 Å². The third-order valence-corrected chi connectivity index (χ3v) is 7.05. The van der Waals surface area contributed by atoms with Crippen LogP contribution in [0.3, 0.4) is 0 Å². The number of hydrogen-bond acceptors (Lipinski definition) is 6. The van der Waals surface area contributed by atoms with Gasteiger partial charge in [0.1, 0.15) is 5.69 Å². The van der Waals surface area contributed by atoms with E-state index in [9.17, 15) is 4.79 Å². The normalized spacial score (nSPS) is 12.5. The quantitative estimate of drug-likeness (QED) is 0.258. The number of aryl methyl sites for hydroxylation is 2. The molecule has 0 fully saturated rings. The molecular formula is C30H45N5O3. The number of ether oxygens (including phenoxy) is 2. The van der Waals surface area contributed by atoms with E-state index in [0.29, 0.717) is 25.1 Å². The average Bonchev–Trinajstić information content (AvgIpc) is 3.26. The topological polar surface area (TPSA) is 83.9 Å². The molecule has 0 amide bonds. The molecule has 8 nitrogen and oxygen atoms in total. The molecule has 1 unspecified atom stereocenters. The fourth-order valence-corrected chi connectivity index (χ4v) is 4.58. The average molecular weight is 524 g/mol. The maximum absolute atomic E-state index is 13.6. The summed E-state index contributed by atoms with van der Waals surface area (Å²) < 4.78 is 12.3. The molecule has 3 aromatic rings. The summed E-state index contributed by atoms with van der Waals surface area (Å²) in [7, 11) is 3.43. The van der Waals surface area contributed by atoms with Crippen molar-refractivity contribution in [3.63, 3.8) is 0 Å². The van der Waals surface area contributed by atoms with Crippen molar-refractivity contribution in [1.29, 1.82) is 0 Å². The van der Waals surface area contributed by atoms with Gasteiger partial charge in [-0.25, -0.2) is 4.98 Å². The Bertz CT molecular complexity index is 1280. The maximum atomic E-state index is 13.6. The first-order chi connectivity index (χ1) is 18.4. The minimum absolute atomic E-state index is 0.0443. The van der Waals surface area contributed by atoms with E-state index < -0.39 is 0 Å². The number of methoxy groups -OCH3 is 2. The number of nitrogens with zero attached hydrogens (tertiary/aromatic N) is 3. The van der Waals surface area contributed by atoms with Crippen LogP contribution < -0.4 is 15.8 Å². The third kappa shape index (κ3) is 6.85. The number of nitrogens with one attached hydrogen (secondary N) is 2. The van der Waals surface area contributed by atoms with E-state index in [4.69, 9.17) is 14.5 Å². The van der Waals surface area contributed by atoms with Crippen LogP contribution in [0.1, 0.15) is 69.5 Å². The van der Waals surface area contributed by atoms with Crippen LogP contribution in [0, 0.1) is 6.92 Å². The lowest BCUT2D eigenvalue weighted by molar-refractivity contribution is 0.111. The molecule has 0 bridgehead atoms. The highest BCUT2D eigenvalue weighted by atomic mass is 16.5. The van der Waals surface area contributed by atoms with Gasteiger partial charge in [0.05, 0.1) is 24.1 Å². The molecule has 208 valence electrons. The fraction of sp³-hybridized carbons (Fsp3) is 0.533. The monoisotopic (exact) mass is 523 g/mol. The van der Waals surface area contributed by atoms with Crippen LogP contribution in [0.5, 0.6) is 0 Å². The molecule has 3 rings (SSSR count). The molecule has 0 saturated carbocycles. The number of aromatic amines is 1. The Morgan fingerprint density at radius 3 is 2.66 bits per heavy atom. The molecule has 1 aromatic carbocycles. The van der Waals surface area contributed by atoms with Crippen LogP contribution in [0.25, 0.3) is 11.7 Å². The Morgan fingerprint density at radius 2 is 2.03 bits per heavy atom. The van der Waals surface area contributed by atoms with Crippen molar-refractivity contribution < 1.29 is 9.47 Å². The van der Waals surface area contributed by atoms with Gasteiger partial charge >= 0.3 is 0 Å². The molecule has 0 radical (unpaired) electrons. The van der Waals surface area contributed by atoms with Crippen molar-refractivity contribution in [3.05, 3.63) is 57.1 Å². The summed E-state index contributed by atoms with van der Waals surface area (Å²) in [6.45, 7) is 12.9. The van der Waals surface area contributed by atoms with E-state index in [-0.39, 0.29) is 11.7 Å². The zero-order valence-electron chi connectivity index (χ0n) is 24.2. The zero-order valence-corrected chi connectivity index (χ0v) is 24.2. The standard InChI is InChI=1S/C30H45N5O3/c1-8-11-12-13-27-28(31-26-17-15-23(20-21(26)4)34(10-3)18-19-37-6)29-32-25(9-2)24(16-14-22(5)38-7)30(36)35(29)33-27/h12-13,15,17,20,22,31,33H,8-11,14,16,18-19H2,1-7H3. The summed E-state index contributed by atoms with van der Waals surface area (Å²) in [6.07, 6.45) is 8.36. The molecule has 0 aliphatic carbocycles. The molecule has 0 spiro atoms. The minimum atomic E-state index is -0.0443. The van der Waals surface area contributed by atoms with Crippen molar-refractivity contribution in [2.24, 2.45) is 0 Å². The van der Waals surface area contributed by atoms with E-state index >= 15 is 0 Å². The van der Waals surface area contributed by atoms with Crippen LogP contribution in [0.2, 0.25) is 0 Å². The molecule has 2 N–H and O–H groups in total. The lowest BCUT2D eigenvalue weighted by Gasteiger charge is -2.24. The molecule has 0 aliphatic rings. The van der Waals surface area contributed by atoms with Gasteiger partial charge in [0.2, 0.25) is 0 Å². The van der Waals surface area contributed by atoms with Crippen LogP contribution >= 0.6 is 0 Å². The van der Waals surface area contributed by atoms with Gasteiger partial charge in [0, 0.05) is 44.2 Å². The Hall–Kier alpha value is -3.10. The van der Waals surface area contributed by atoms with Gasteiger partial charge in [-0.2, -0.15) is 4.52 Å². The van der Waals surface area contributed by atoms with Gasteiger partial charge in [-0.1, -0.05) is 26.3 Å². The largest absolute Gasteiger partial charge is 0.383 e. The van der Waals surface area contributed by atoms with Gasteiger partial charge < -0.3 is 19.7 Å². The number of unbranched alkanes of at least 4 members (excludes halogenated alkanes) is 1. The first kappa shape index (κ1) is 29.5. The number of anilines is 3. The molecule has 38 heavy (non-hydrogen) atoms. The van der Waals surface area contributed by atoms with Crippen molar-refractivity contribution in [1.82, 2.24) is 14.6 Å². The zero-order chi connectivity index (χ0) is 27.7. The van der Waals surface area contributed by atoms with Gasteiger partial charge in [-0.15, -0.1) is 0 Å². The number of aromatic nitrogens is 3. The van der Waals surface area contributed by atoms with Gasteiger partial charge in [-0.05, 0) is 76.3 Å². The maximum Gasteiger partial charge on any atom is 0.276 e. The Balaban J connectivity index is 2.07. The molecule has 8 heteroatoms. The SMILES string of the molecule is CCCC=Cc1[nH]n2c(=O)c(CCC(C)OC)c(CC)nc2c1Nc1ccc(N(CC)CCOC)cc1C. The number of hydrogen-bond donors (Lipinski definition) is 2. The second-order valence-electron chi connectivity index (χ2n) is 9.73. The highest BCUT2D eigenvalue weighted by Crippen LogP contribution is 2.30. The second-order valence-corrected chi connectivity index (χ2v) is 9.73. The number of likely N-dealkylation sites (N-methyl/N-ethyl adjacent to an activating group) is 1. The first-order valence-corrected chi connectivity index (χ1v) is 13.9. The van der Waals surface area contributed by atoms with E-state index in [1.165, 1.54) is 0 Å². The second kappa shape index (κ2) is 14.2. The van der Waals surface area contributed by atoms with Crippen LogP contribution in [-0.4, -0.2) is 54.6 Å². The summed E-state index contributed by atoms with van der Waals surface area (Å²) in [6, 6.07) is 6.42. The summed E-state index contributed by atoms with van der Waals surface area (Å²) in [5, 5.41) is 6.93. The Labute approximate surface area is 227 Å². The highest BCUT2D eigenvalue weighted by molar-refractivity contribution is 5.83. The third-order valence-electron chi connectivity index (χ3n) is 7.05. The van der Waals surface area contributed by atoms with Gasteiger partial charge in [-0.3, -0.25) is 9.89 Å². The molecule has 2 aromatic heterocycles. The van der Waals surface area contributed by atoms with Crippen molar-refractivity contribution in [2.45, 2.75) is 72.8 Å². The van der Waals surface area contributed by atoms with Gasteiger partial charge in [0.25, 0.3) is 5.56 Å². The predicted molar refractivity (Wildman–Crippen MR) is 158 cm³/mol. The Kier molecular flexibility index (Phi) is 11.0. The number of allylic oxidation sites excluding steroid dienone is 1. The van der Waals surface area contributed by atoms with Crippen LogP contribution in [0.15, 0.2) is 29.1 Å². The van der Waals surface area contributed by atoms with Crippen molar-refractivity contribution in [2.75, 3.05) is 44.1 Å². The van der Waals surface area contributed by atoms with Gasteiger partial charge in [0.15, 0.2) is 5.65 Å². The van der Waals surface area contributed by atoms with Crippen molar-refractivity contribution in [3.8, 4) is 0 Å². The summed E-state index contributed by atoms with van der Waals surface area (Å²) in [5.41, 5.74) is 7.07. The Morgan fingerprint density at radius 1 is 1.24 bits per heavy atom. The van der Waals surface area contributed by atoms with E-state index in [1.54, 1.807) is 18.7 Å². The molecule has 0 aliphatic heterocycles. The molecular weight excluding hydrogens is 478 g/mol. The minimum Gasteiger partial charge on any atom is -0.383 e. The summed E-state index contributed by atoms with van der Waals surface area (Å²) in [4.78, 5) is 20.9. The molecule has 0 saturated heterocycles. The van der Waals surface area contributed by atoms with E-state index in [1.807, 2.05) is 13.0 Å². The van der Waals surface area contributed by atoms with Crippen LogP contribution in [0.4, 0.5) is 17.1 Å². The molecule has 1 atom stereocenters. The highest BCUT2D eigenvalue weighted by Gasteiger charge is 2.20. The number of benzene rings is 1. The van der Waals surface area contributed by atoms with Crippen molar-refractivity contribution >= 4 is 28.8 Å². The molecule has 2 heterocycles. The number of fused-ring (bicyclic) bond motifs is 1. The fourth-order valence-electron chi connectivity index (χ4n) is 4.58. The van der Waals surface area contributed by atoms with E-state index in [0.717, 1.165) is 71.9 Å².